The fraction of sp³-hybridized carbons (Fsp3) is 0.600. The minimum atomic E-state index is -0.0734. The third-order valence-corrected chi connectivity index (χ3v) is 3.93. The third kappa shape index (κ3) is 3.44. The zero-order chi connectivity index (χ0) is 14.7. The average molecular weight is 291 g/mol. The van der Waals surface area contributed by atoms with Crippen LogP contribution in [0.4, 0.5) is 10.5 Å². The van der Waals surface area contributed by atoms with Crippen LogP contribution in [0, 0.1) is 5.92 Å². The molecule has 0 aromatic carbocycles. The van der Waals surface area contributed by atoms with Crippen LogP contribution in [0.15, 0.2) is 18.3 Å². The minimum Gasteiger partial charge on any atom is -0.480 e. The second-order valence-corrected chi connectivity index (χ2v) is 5.60. The van der Waals surface area contributed by atoms with Crippen LogP contribution in [-0.4, -0.2) is 48.8 Å². The SMILES string of the molecule is COc1ncccc1NC(=O)N(C[C@@H]1CCOC1)C1CC1. The molecule has 0 spiro atoms. The summed E-state index contributed by atoms with van der Waals surface area (Å²) in [5.74, 6) is 0.887. The van der Waals surface area contributed by atoms with Crippen LogP contribution >= 0.6 is 0 Å². The molecule has 2 fully saturated rings. The summed E-state index contributed by atoms with van der Waals surface area (Å²) in [6, 6.07) is 3.88. The van der Waals surface area contributed by atoms with E-state index in [1.807, 2.05) is 4.90 Å². The predicted molar refractivity (Wildman–Crippen MR) is 78.5 cm³/mol. The average Bonchev–Trinajstić information content (AvgIpc) is 3.21. The zero-order valence-corrected chi connectivity index (χ0v) is 12.2. The number of carbonyl (C=O) groups excluding carboxylic acids is 1. The Kier molecular flexibility index (Phi) is 4.24. The van der Waals surface area contributed by atoms with Gasteiger partial charge in [-0.15, -0.1) is 0 Å². The van der Waals surface area contributed by atoms with E-state index >= 15 is 0 Å². The number of methoxy groups -OCH3 is 1. The molecule has 2 amide bonds. The van der Waals surface area contributed by atoms with E-state index < -0.39 is 0 Å². The van der Waals surface area contributed by atoms with E-state index in [0.717, 1.165) is 39.0 Å². The summed E-state index contributed by atoms with van der Waals surface area (Å²) in [4.78, 5) is 18.6. The van der Waals surface area contributed by atoms with E-state index in [1.165, 1.54) is 0 Å². The molecule has 1 saturated carbocycles. The predicted octanol–water partition coefficient (Wildman–Crippen LogP) is 2.12. The molecule has 0 unspecified atom stereocenters. The molecular formula is C15H21N3O3. The van der Waals surface area contributed by atoms with Crippen LogP contribution in [0.5, 0.6) is 5.88 Å². The number of aromatic nitrogens is 1. The van der Waals surface area contributed by atoms with Gasteiger partial charge in [-0.3, -0.25) is 0 Å². The summed E-state index contributed by atoms with van der Waals surface area (Å²) < 4.78 is 10.6. The highest BCUT2D eigenvalue weighted by molar-refractivity contribution is 5.91. The molecule has 0 radical (unpaired) electrons. The highest BCUT2D eigenvalue weighted by Gasteiger charge is 2.35. The Labute approximate surface area is 124 Å². The number of hydrogen-bond acceptors (Lipinski definition) is 4. The lowest BCUT2D eigenvalue weighted by Crippen LogP contribution is -2.40. The van der Waals surface area contributed by atoms with Crippen LogP contribution < -0.4 is 10.1 Å². The van der Waals surface area contributed by atoms with Crippen molar-refractivity contribution in [3.05, 3.63) is 18.3 Å². The summed E-state index contributed by atoms with van der Waals surface area (Å²) >= 11 is 0. The lowest BCUT2D eigenvalue weighted by molar-refractivity contribution is 0.167. The number of urea groups is 1. The lowest BCUT2D eigenvalue weighted by Gasteiger charge is -2.25. The summed E-state index contributed by atoms with van der Waals surface area (Å²) in [5.41, 5.74) is 0.610. The van der Waals surface area contributed by atoms with Crippen molar-refractivity contribution in [1.82, 2.24) is 9.88 Å². The summed E-state index contributed by atoms with van der Waals surface area (Å²) in [6.07, 6.45) is 4.85. The first-order valence-electron chi connectivity index (χ1n) is 7.42. The molecular weight excluding hydrogens is 270 g/mol. The van der Waals surface area contributed by atoms with Crippen LogP contribution in [0.2, 0.25) is 0 Å². The van der Waals surface area contributed by atoms with Gasteiger partial charge in [0.1, 0.15) is 5.69 Å². The van der Waals surface area contributed by atoms with Crippen molar-refractivity contribution in [2.45, 2.75) is 25.3 Å². The molecule has 1 aliphatic carbocycles. The van der Waals surface area contributed by atoms with Crippen molar-refractivity contribution < 1.29 is 14.3 Å². The molecule has 1 aromatic rings. The van der Waals surface area contributed by atoms with Crippen molar-refractivity contribution in [2.24, 2.45) is 5.92 Å². The number of hydrogen-bond donors (Lipinski definition) is 1. The van der Waals surface area contributed by atoms with Crippen LogP contribution in [0.1, 0.15) is 19.3 Å². The van der Waals surface area contributed by atoms with Gasteiger partial charge in [0.15, 0.2) is 0 Å². The maximum absolute atomic E-state index is 12.5. The molecule has 3 rings (SSSR count). The maximum atomic E-state index is 12.5. The van der Waals surface area contributed by atoms with Crippen LogP contribution in [0.25, 0.3) is 0 Å². The van der Waals surface area contributed by atoms with Crippen LogP contribution in [-0.2, 0) is 4.74 Å². The Morgan fingerprint density at radius 3 is 3.05 bits per heavy atom. The Hall–Kier alpha value is -1.82. The van der Waals surface area contributed by atoms with Gasteiger partial charge in [-0.1, -0.05) is 0 Å². The Bertz CT molecular complexity index is 499. The molecule has 2 heterocycles. The molecule has 6 heteroatoms. The first-order valence-corrected chi connectivity index (χ1v) is 7.42. The van der Waals surface area contributed by atoms with E-state index in [1.54, 1.807) is 25.4 Å². The van der Waals surface area contributed by atoms with Gasteiger partial charge in [0.25, 0.3) is 0 Å². The smallest absolute Gasteiger partial charge is 0.322 e. The van der Waals surface area contributed by atoms with E-state index in [9.17, 15) is 4.79 Å². The van der Waals surface area contributed by atoms with Crippen molar-refractivity contribution in [2.75, 3.05) is 32.2 Å². The Balaban J connectivity index is 1.66. The molecule has 1 N–H and O–H groups in total. The summed E-state index contributed by atoms with van der Waals surface area (Å²) in [7, 11) is 1.55. The van der Waals surface area contributed by atoms with Crippen molar-refractivity contribution in [1.29, 1.82) is 0 Å². The van der Waals surface area contributed by atoms with Gasteiger partial charge in [-0.25, -0.2) is 9.78 Å². The van der Waals surface area contributed by atoms with E-state index in [4.69, 9.17) is 9.47 Å². The molecule has 0 bridgehead atoms. The van der Waals surface area contributed by atoms with Crippen molar-refractivity contribution >= 4 is 11.7 Å². The zero-order valence-electron chi connectivity index (χ0n) is 12.2. The van der Waals surface area contributed by atoms with E-state index in [2.05, 4.69) is 10.3 Å². The second-order valence-electron chi connectivity index (χ2n) is 5.60. The summed E-state index contributed by atoms with van der Waals surface area (Å²) in [6.45, 7) is 2.33. The number of carbonyl (C=O) groups is 1. The maximum Gasteiger partial charge on any atom is 0.322 e. The monoisotopic (exact) mass is 291 g/mol. The van der Waals surface area contributed by atoms with Gasteiger partial charge in [0.2, 0.25) is 5.88 Å². The topological polar surface area (TPSA) is 63.7 Å². The van der Waals surface area contributed by atoms with E-state index in [-0.39, 0.29) is 6.03 Å². The van der Waals surface area contributed by atoms with Crippen molar-refractivity contribution in [3.63, 3.8) is 0 Å². The van der Waals surface area contributed by atoms with Gasteiger partial charge < -0.3 is 19.7 Å². The lowest BCUT2D eigenvalue weighted by atomic mass is 10.1. The first kappa shape index (κ1) is 14.1. The molecule has 1 saturated heterocycles. The number of nitrogens with zero attached hydrogens (tertiary/aromatic N) is 2. The number of rotatable bonds is 5. The van der Waals surface area contributed by atoms with Gasteiger partial charge in [0.05, 0.1) is 13.7 Å². The molecule has 6 nitrogen and oxygen atoms in total. The highest BCUT2D eigenvalue weighted by atomic mass is 16.5. The third-order valence-electron chi connectivity index (χ3n) is 3.93. The second kappa shape index (κ2) is 6.30. The molecule has 1 atom stereocenters. The number of anilines is 1. The minimum absolute atomic E-state index is 0.0734. The number of ether oxygens (including phenoxy) is 2. The number of nitrogens with one attached hydrogen (secondary N) is 1. The quantitative estimate of drug-likeness (QED) is 0.902. The Morgan fingerprint density at radius 2 is 2.38 bits per heavy atom. The van der Waals surface area contributed by atoms with Crippen molar-refractivity contribution in [3.8, 4) is 5.88 Å². The number of amides is 2. The molecule has 21 heavy (non-hydrogen) atoms. The molecule has 114 valence electrons. The summed E-state index contributed by atoms with van der Waals surface area (Å²) in [5, 5.41) is 2.92. The van der Waals surface area contributed by atoms with E-state index in [0.29, 0.717) is 23.5 Å². The first-order chi connectivity index (χ1) is 10.3. The van der Waals surface area contributed by atoms with Gasteiger partial charge in [0, 0.05) is 31.3 Å². The largest absolute Gasteiger partial charge is 0.480 e. The Morgan fingerprint density at radius 1 is 1.52 bits per heavy atom. The van der Waals surface area contributed by atoms with Gasteiger partial charge >= 0.3 is 6.03 Å². The fourth-order valence-electron chi connectivity index (χ4n) is 2.63. The highest BCUT2D eigenvalue weighted by Crippen LogP contribution is 2.30. The fourth-order valence-corrected chi connectivity index (χ4v) is 2.63. The standard InChI is InChI=1S/C15H21N3O3/c1-20-14-13(3-2-7-16-14)17-15(19)18(12-4-5-12)9-11-6-8-21-10-11/h2-3,7,11-12H,4-6,8-10H2,1H3,(H,17,19)/t11-/m0/s1. The van der Waals surface area contributed by atoms with Crippen LogP contribution in [0.3, 0.4) is 0 Å². The molecule has 1 aromatic heterocycles. The molecule has 2 aliphatic rings. The molecule has 1 aliphatic heterocycles. The van der Waals surface area contributed by atoms with Gasteiger partial charge in [-0.2, -0.15) is 0 Å². The normalized spacial score (nSPS) is 21.1. The number of pyridine rings is 1. The van der Waals surface area contributed by atoms with Gasteiger partial charge in [-0.05, 0) is 31.4 Å².